The van der Waals surface area contributed by atoms with Gasteiger partial charge in [-0.25, -0.2) is 5.06 Å². The van der Waals surface area contributed by atoms with Gasteiger partial charge in [0.2, 0.25) is 18.2 Å². The molecule has 2 unspecified atom stereocenters. The number of nitrogens with one attached hydrogen (secondary N) is 1. The quantitative estimate of drug-likeness (QED) is 0.282. The molecule has 0 aromatic carbocycles. The summed E-state index contributed by atoms with van der Waals surface area (Å²) in [5.74, 6) is 0.0380. The molecule has 10 nitrogen and oxygen atoms in total. The molecule has 2 saturated carbocycles. The van der Waals surface area contributed by atoms with Crippen molar-refractivity contribution in [3.05, 3.63) is 30.1 Å². The minimum absolute atomic E-state index is 0.0375. The smallest absolute Gasteiger partial charge is 0.253 e. The Morgan fingerprint density at radius 3 is 2.33 bits per heavy atom. The van der Waals surface area contributed by atoms with Gasteiger partial charge in [-0.05, 0) is 48.6 Å². The molecular formula is C29H43N5O5. The lowest BCUT2D eigenvalue weighted by molar-refractivity contribution is -0.157. The number of amides is 4. The monoisotopic (exact) mass is 541 g/mol. The van der Waals surface area contributed by atoms with Crippen molar-refractivity contribution in [1.29, 1.82) is 0 Å². The Labute approximate surface area is 231 Å². The molecule has 1 aromatic heterocycles. The number of hydrogen-bond donors (Lipinski definition) is 2. The summed E-state index contributed by atoms with van der Waals surface area (Å²) >= 11 is 0. The maximum absolute atomic E-state index is 13.8. The number of carbonyl (C=O) groups is 4. The van der Waals surface area contributed by atoms with Crippen molar-refractivity contribution in [2.45, 2.75) is 77.8 Å². The largest absolute Gasteiger partial charge is 0.343 e. The van der Waals surface area contributed by atoms with Crippen LogP contribution in [0.4, 0.5) is 0 Å². The van der Waals surface area contributed by atoms with E-state index < -0.39 is 16.9 Å². The van der Waals surface area contributed by atoms with Crippen LogP contribution in [0.1, 0.15) is 76.1 Å². The Kier molecular flexibility index (Phi) is 8.63. The van der Waals surface area contributed by atoms with Crippen LogP contribution < -0.4 is 5.32 Å². The van der Waals surface area contributed by atoms with Crippen LogP contribution in [0.25, 0.3) is 0 Å². The predicted octanol–water partition coefficient (Wildman–Crippen LogP) is 2.72. The standard InChI is InChI=1S/C29H43N5O5/c1-28(2,3)24(31-27(38)29(18-34(39)19-35)17-23(29)20-7-5-6-8-20)26(37)32(4)22-11-15-33(16-12-22)25(36)21-9-13-30-14-10-21/h9-10,13-14,19-20,22-24,39H,5-8,11-12,15-18H2,1-4H3,(H,31,38)/t23?,24-,29?/m1/s1. The first-order valence-electron chi connectivity index (χ1n) is 14.2. The van der Waals surface area contributed by atoms with Crippen molar-refractivity contribution in [2.24, 2.45) is 22.7 Å². The van der Waals surface area contributed by atoms with Crippen molar-refractivity contribution in [3.63, 3.8) is 0 Å². The van der Waals surface area contributed by atoms with Gasteiger partial charge in [0.25, 0.3) is 5.91 Å². The summed E-state index contributed by atoms with van der Waals surface area (Å²) < 4.78 is 0. The van der Waals surface area contributed by atoms with E-state index in [9.17, 15) is 24.4 Å². The van der Waals surface area contributed by atoms with E-state index in [2.05, 4.69) is 10.3 Å². The summed E-state index contributed by atoms with van der Waals surface area (Å²) in [6, 6.07) is 2.59. The molecule has 39 heavy (non-hydrogen) atoms. The maximum Gasteiger partial charge on any atom is 0.253 e. The lowest BCUT2D eigenvalue weighted by atomic mass is 9.84. The van der Waals surface area contributed by atoms with Crippen molar-refractivity contribution in [1.82, 2.24) is 25.2 Å². The topological polar surface area (TPSA) is 123 Å². The first-order chi connectivity index (χ1) is 18.5. The number of hydroxylamine groups is 2. The molecule has 3 fully saturated rings. The fourth-order valence-corrected chi connectivity index (χ4v) is 6.59. The molecule has 4 rings (SSSR count). The van der Waals surface area contributed by atoms with Crippen LogP contribution in [-0.2, 0) is 14.4 Å². The van der Waals surface area contributed by atoms with Crippen LogP contribution in [0.2, 0.25) is 0 Å². The van der Waals surface area contributed by atoms with E-state index in [-0.39, 0.29) is 36.2 Å². The molecule has 1 saturated heterocycles. The van der Waals surface area contributed by atoms with Gasteiger partial charge in [-0.15, -0.1) is 0 Å². The van der Waals surface area contributed by atoms with Crippen LogP contribution in [-0.4, -0.2) is 88.0 Å². The molecule has 2 N–H and O–H groups in total. The van der Waals surface area contributed by atoms with Crippen LogP contribution in [0.5, 0.6) is 0 Å². The van der Waals surface area contributed by atoms with Gasteiger partial charge in [-0.1, -0.05) is 46.5 Å². The molecule has 3 aliphatic rings. The predicted molar refractivity (Wildman–Crippen MR) is 144 cm³/mol. The highest BCUT2D eigenvalue weighted by atomic mass is 16.5. The fourth-order valence-electron chi connectivity index (χ4n) is 6.59. The number of piperidine rings is 1. The average Bonchev–Trinajstić information content (AvgIpc) is 3.39. The van der Waals surface area contributed by atoms with E-state index in [4.69, 9.17) is 0 Å². The van der Waals surface area contributed by atoms with Crippen LogP contribution >= 0.6 is 0 Å². The molecule has 0 bridgehead atoms. The van der Waals surface area contributed by atoms with Gasteiger partial charge in [0.15, 0.2) is 0 Å². The zero-order chi connectivity index (χ0) is 28.4. The fraction of sp³-hybridized carbons (Fsp3) is 0.690. The van der Waals surface area contributed by atoms with E-state index in [1.165, 1.54) is 0 Å². The maximum atomic E-state index is 13.8. The highest BCUT2D eigenvalue weighted by Crippen LogP contribution is 2.60. The molecule has 214 valence electrons. The normalized spacial score (nSPS) is 24.6. The third kappa shape index (κ3) is 6.26. The van der Waals surface area contributed by atoms with Gasteiger partial charge in [0.05, 0.1) is 12.0 Å². The molecule has 3 atom stereocenters. The van der Waals surface area contributed by atoms with Crippen LogP contribution in [0.3, 0.4) is 0 Å². The van der Waals surface area contributed by atoms with Gasteiger partial charge >= 0.3 is 0 Å². The second kappa shape index (κ2) is 11.6. The van der Waals surface area contributed by atoms with E-state index in [0.717, 1.165) is 25.7 Å². The van der Waals surface area contributed by atoms with Gasteiger partial charge in [0, 0.05) is 44.1 Å². The minimum Gasteiger partial charge on any atom is -0.343 e. The van der Waals surface area contributed by atoms with Crippen molar-refractivity contribution in [3.8, 4) is 0 Å². The minimum atomic E-state index is -0.869. The number of nitrogens with zero attached hydrogens (tertiary/aromatic N) is 4. The van der Waals surface area contributed by atoms with E-state index >= 15 is 0 Å². The molecule has 1 aromatic rings. The summed E-state index contributed by atoms with van der Waals surface area (Å²) in [4.78, 5) is 59.1. The molecule has 0 spiro atoms. The number of likely N-dealkylation sites (N-methyl/N-ethyl adjacent to an activating group) is 1. The molecule has 2 aliphatic carbocycles. The van der Waals surface area contributed by atoms with Crippen LogP contribution in [0, 0.1) is 22.7 Å². The number of likely N-dealkylation sites (tertiary alicyclic amines) is 1. The Bertz CT molecular complexity index is 1050. The molecule has 0 radical (unpaired) electrons. The Morgan fingerprint density at radius 1 is 1.15 bits per heavy atom. The highest BCUT2D eigenvalue weighted by molar-refractivity contribution is 5.94. The second-order valence-corrected chi connectivity index (χ2v) is 12.7. The number of pyridine rings is 1. The first-order valence-corrected chi connectivity index (χ1v) is 14.2. The van der Waals surface area contributed by atoms with E-state index in [0.29, 0.717) is 55.3 Å². The summed E-state index contributed by atoms with van der Waals surface area (Å²) in [6.45, 7) is 6.81. The van der Waals surface area contributed by atoms with E-state index in [1.54, 1.807) is 41.4 Å². The average molecular weight is 542 g/mol. The number of hydrogen-bond acceptors (Lipinski definition) is 6. The van der Waals surface area contributed by atoms with Gasteiger partial charge < -0.3 is 15.1 Å². The van der Waals surface area contributed by atoms with Gasteiger partial charge in [0.1, 0.15) is 6.04 Å². The first kappa shape index (κ1) is 29.0. The zero-order valence-electron chi connectivity index (χ0n) is 23.6. The second-order valence-electron chi connectivity index (χ2n) is 12.7. The third-order valence-electron chi connectivity index (χ3n) is 9.08. The third-order valence-corrected chi connectivity index (χ3v) is 9.08. The van der Waals surface area contributed by atoms with Crippen molar-refractivity contribution < 1.29 is 24.4 Å². The molecule has 1 aliphatic heterocycles. The van der Waals surface area contributed by atoms with Gasteiger partial charge in [-0.3, -0.25) is 29.4 Å². The Hall–Kier alpha value is -3.01. The summed E-state index contributed by atoms with van der Waals surface area (Å²) in [5.41, 5.74) is -0.822. The number of rotatable bonds is 9. The Morgan fingerprint density at radius 2 is 1.77 bits per heavy atom. The van der Waals surface area contributed by atoms with Crippen LogP contribution in [0.15, 0.2) is 24.5 Å². The molecule has 2 heterocycles. The number of carbonyl (C=O) groups excluding carboxylic acids is 4. The van der Waals surface area contributed by atoms with Crippen molar-refractivity contribution >= 4 is 24.1 Å². The van der Waals surface area contributed by atoms with Gasteiger partial charge in [-0.2, -0.15) is 0 Å². The lowest BCUT2D eigenvalue weighted by Gasteiger charge is -2.40. The lowest BCUT2D eigenvalue weighted by Crippen LogP contribution is -2.59. The summed E-state index contributed by atoms with van der Waals surface area (Å²) in [6.07, 6.45) is 9.83. The highest BCUT2D eigenvalue weighted by Gasteiger charge is 2.63. The summed E-state index contributed by atoms with van der Waals surface area (Å²) in [5, 5.41) is 13.6. The molecule has 4 amide bonds. The van der Waals surface area contributed by atoms with Crippen molar-refractivity contribution in [2.75, 3.05) is 26.7 Å². The number of aromatic nitrogens is 1. The molecular weight excluding hydrogens is 498 g/mol. The molecule has 10 heteroatoms. The SMILES string of the molecule is CN(C(=O)[C@@H](NC(=O)C1(CN(O)C=O)CC1C1CCCC1)C(C)(C)C)C1CCN(C(=O)c2ccncc2)CC1. The zero-order valence-corrected chi connectivity index (χ0v) is 23.6. The Balaban J connectivity index is 1.42. The van der Waals surface area contributed by atoms with E-state index in [1.807, 2.05) is 20.8 Å². The summed E-state index contributed by atoms with van der Waals surface area (Å²) in [7, 11) is 1.77.